The van der Waals surface area contributed by atoms with Gasteiger partial charge in [0.2, 0.25) is 0 Å². The molecule has 0 atom stereocenters. The summed E-state index contributed by atoms with van der Waals surface area (Å²) < 4.78 is 17.1. The predicted octanol–water partition coefficient (Wildman–Crippen LogP) is 4.04. The summed E-state index contributed by atoms with van der Waals surface area (Å²) in [6, 6.07) is 16.7. The maximum absolute atomic E-state index is 12.7. The van der Waals surface area contributed by atoms with Gasteiger partial charge in [-0.3, -0.25) is 0 Å². The molecule has 1 heterocycles. The van der Waals surface area contributed by atoms with Crippen molar-refractivity contribution in [1.82, 2.24) is 9.78 Å². The number of carbonyl (C=O) groups is 2. The van der Waals surface area contributed by atoms with Crippen LogP contribution in [0.2, 0.25) is 0 Å². The van der Waals surface area contributed by atoms with E-state index in [0.29, 0.717) is 29.5 Å². The summed E-state index contributed by atoms with van der Waals surface area (Å²) in [7, 11) is 2.54. The molecule has 0 aliphatic heterocycles. The highest BCUT2D eigenvalue weighted by atomic mass is 16.5. The topological polar surface area (TPSA) is 79.7 Å². The minimum Gasteiger partial charge on any atom is -0.465 e. The largest absolute Gasteiger partial charge is 0.465 e. The summed E-state index contributed by atoms with van der Waals surface area (Å²) in [6.07, 6.45) is 2.50. The Morgan fingerprint density at radius 1 is 0.968 bits per heavy atom. The molecule has 1 aliphatic rings. The van der Waals surface area contributed by atoms with Gasteiger partial charge >= 0.3 is 11.9 Å². The van der Waals surface area contributed by atoms with Gasteiger partial charge in [-0.1, -0.05) is 42.5 Å². The monoisotopic (exact) mass is 420 g/mol. The van der Waals surface area contributed by atoms with Gasteiger partial charge in [0.05, 0.1) is 26.5 Å². The van der Waals surface area contributed by atoms with Crippen molar-refractivity contribution in [3.8, 4) is 16.9 Å². The number of para-hydroxylation sites is 1. The van der Waals surface area contributed by atoms with Gasteiger partial charge in [-0.05, 0) is 36.5 Å². The number of benzene rings is 2. The number of hydrogen-bond acceptors (Lipinski definition) is 6. The third-order valence-corrected chi connectivity index (χ3v) is 5.20. The highest BCUT2D eigenvalue weighted by Crippen LogP contribution is 2.30. The van der Waals surface area contributed by atoms with Crippen molar-refractivity contribution in [3.63, 3.8) is 0 Å². The summed E-state index contributed by atoms with van der Waals surface area (Å²) in [4.78, 5) is 25.3. The lowest BCUT2D eigenvalue weighted by Gasteiger charge is -2.07. The number of nitrogens with zero attached hydrogens (tertiary/aromatic N) is 2. The lowest BCUT2D eigenvalue weighted by molar-refractivity contribution is 0.0549. The Bertz CT molecular complexity index is 1070. The lowest BCUT2D eigenvalue weighted by Crippen LogP contribution is -2.15. The van der Waals surface area contributed by atoms with Crippen LogP contribution in [0.5, 0.6) is 0 Å². The second kappa shape index (κ2) is 9.14. The summed E-state index contributed by atoms with van der Waals surface area (Å²) >= 11 is 0. The average molecular weight is 420 g/mol. The van der Waals surface area contributed by atoms with E-state index in [1.165, 1.54) is 31.7 Å². The molecule has 1 aromatic heterocycles. The number of ether oxygens (including phenoxy) is 3. The van der Waals surface area contributed by atoms with Gasteiger partial charge in [0, 0.05) is 12.2 Å². The van der Waals surface area contributed by atoms with Crippen molar-refractivity contribution in [2.45, 2.75) is 19.4 Å². The first-order chi connectivity index (χ1) is 15.1. The van der Waals surface area contributed by atoms with Gasteiger partial charge in [-0.25, -0.2) is 14.3 Å². The van der Waals surface area contributed by atoms with E-state index < -0.39 is 11.9 Å². The van der Waals surface area contributed by atoms with Crippen LogP contribution in [0.4, 0.5) is 0 Å². The van der Waals surface area contributed by atoms with Crippen molar-refractivity contribution in [2.24, 2.45) is 5.92 Å². The van der Waals surface area contributed by atoms with Gasteiger partial charge in [0.1, 0.15) is 11.3 Å². The molecule has 2 aromatic carbocycles. The fourth-order valence-electron chi connectivity index (χ4n) is 3.34. The Morgan fingerprint density at radius 3 is 2.26 bits per heavy atom. The molecule has 7 nitrogen and oxygen atoms in total. The lowest BCUT2D eigenvalue weighted by atomic mass is 10.0. The van der Waals surface area contributed by atoms with Crippen molar-refractivity contribution < 1.29 is 23.8 Å². The van der Waals surface area contributed by atoms with E-state index in [9.17, 15) is 9.59 Å². The second-order valence-electron chi connectivity index (χ2n) is 7.46. The van der Waals surface area contributed by atoms with E-state index in [1.54, 1.807) is 12.1 Å². The third kappa shape index (κ3) is 4.51. The first kappa shape index (κ1) is 20.8. The average Bonchev–Trinajstić information content (AvgIpc) is 3.56. The normalized spacial score (nSPS) is 13.1. The molecule has 4 rings (SSSR count). The van der Waals surface area contributed by atoms with E-state index in [4.69, 9.17) is 14.2 Å². The molecule has 1 saturated carbocycles. The fourth-order valence-corrected chi connectivity index (χ4v) is 3.34. The molecular formula is C24H24N2O5. The molecule has 0 radical (unpaired) electrons. The maximum atomic E-state index is 12.7. The molecular weight excluding hydrogens is 396 g/mol. The van der Waals surface area contributed by atoms with Crippen LogP contribution < -0.4 is 0 Å². The summed E-state index contributed by atoms with van der Waals surface area (Å²) in [5.41, 5.74) is 2.78. The number of esters is 2. The Labute approximate surface area is 180 Å². The van der Waals surface area contributed by atoms with Gasteiger partial charge in [-0.15, -0.1) is 0 Å². The predicted molar refractivity (Wildman–Crippen MR) is 114 cm³/mol. The van der Waals surface area contributed by atoms with Gasteiger partial charge in [0.25, 0.3) is 0 Å². The number of aromatic nitrogens is 2. The van der Waals surface area contributed by atoms with Crippen LogP contribution >= 0.6 is 0 Å². The molecule has 0 saturated heterocycles. The van der Waals surface area contributed by atoms with E-state index in [-0.39, 0.29) is 11.3 Å². The van der Waals surface area contributed by atoms with Gasteiger partial charge in [-0.2, -0.15) is 5.10 Å². The molecule has 0 N–H and O–H groups in total. The molecule has 0 unspecified atom stereocenters. The van der Waals surface area contributed by atoms with Crippen LogP contribution in [0.3, 0.4) is 0 Å². The number of carbonyl (C=O) groups excluding carboxylic acids is 2. The molecule has 0 spiro atoms. The third-order valence-electron chi connectivity index (χ3n) is 5.20. The Morgan fingerprint density at radius 2 is 1.65 bits per heavy atom. The Kier molecular flexibility index (Phi) is 6.13. The molecule has 1 aliphatic carbocycles. The van der Waals surface area contributed by atoms with E-state index >= 15 is 0 Å². The van der Waals surface area contributed by atoms with E-state index in [1.807, 2.05) is 42.5 Å². The Hall–Kier alpha value is -3.45. The van der Waals surface area contributed by atoms with Crippen LogP contribution in [0, 0.1) is 5.92 Å². The van der Waals surface area contributed by atoms with Crippen LogP contribution in [-0.4, -0.2) is 42.5 Å². The smallest absolute Gasteiger partial charge is 0.357 e. The number of hydrogen-bond donors (Lipinski definition) is 0. The minimum atomic E-state index is -0.673. The SMILES string of the molecule is COC(=O)c1c(-c2ccc(COCC3CC3)cc2)nn(-c2ccccc2)c1C(=O)OC. The van der Waals surface area contributed by atoms with Crippen LogP contribution in [0.1, 0.15) is 39.3 Å². The number of methoxy groups -OCH3 is 2. The minimum absolute atomic E-state index is 0.0207. The van der Waals surface area contributed by atoms with Gasteiger partial charge in [0.15, 0.2) is 5.69 Å². The Balaban J connectivity index is 1.74. The summed E-state index contributed by atoms with van der Waals surface area (Å²) in [6.45, 7) is 1.32. The second-order valence-corrected chi connectivity index (χ2v) is 7.46. The first-order valence-electron chi connectivity index (χ1n) is 10.1. The molecule has 3 aromatic rings. The fraction of sp³-hybridized carbons (Fsp3) is 0.292. The van der Waals surface area contributed by atoms with Crippen molar-refractivity contribution >= 4 is 11.9 Å². The molecule has 31 heavy (non-hydrogen) atoms. The van der Waals surface area contributed by atoms with Crippen LogP contribution in [0.25, 0.3) is 16.9 Å². The zero-order valence-electron chi connectivity index (χ0n) is 17.5. The zero-order valence-corrected chi connectivity index (χ0v) is 17.5. The molecule has 1 fully saturated rings. The van der Waals surface area contributed by atoms with Crippen molar-refractivity contribution in [2.75, 3.05) is 20.8 Å². The summed E-state index contributed by atoms with van der Waals surface area (Å²) in [5.74, 6) is -0.622. The highest BCUT2D eigenvalue weighted by Gasteiger charge is 2.31. The van der Waals surface area contributed by atoms with Crippen molar-refractivity contribution in [3.05, 3.63) is 71.4 Å². The standard InChI is InChI=1S/C24H24N2O5/c1-29-23(27)20-21(18-12-10-17(11-13-18)15-31-14-16-8-9-16)25-26(22(20)24(28)30-2)19-6-4-3-5-7-19/h3-7,10-13,16H,8-9,14-15H2,1-2H3. The first-order valence-corrected chi connectivity index (χ1v) is 10.1. The maximum Gasteiger partial charge on any atom is 0.357 e. The van der Waals surface area contributed by atoms with Crippen LogP contribution in [-0.2, 0) is 20.8 Å². The van der Waals surface area contributed by atoms with Crippen molar-refractivity contribution in [1.29, 1.82) is 0 Å². The van der Waals surface area contributed by atoms with E-state index in [2.05, 4.69) is 5.10 Å². The summed E-state index contributed by atoms with van der Waals surface area (Å²) in [5, 5.41) is 4.60. The molecule has 0 amide bonds. The molecule has 0 bridgehead atoms. The number of rotatable bonds is 8. The van der Waals surface area contributed by atoms with Gasteiger partial charge < -0.3 is 14.2 Å². The molecule has 160 valence electrons. The highest BCUT2D eigenvalue weighted by molar-refractivity contribution is 6.06. The van der Waals surface area contributed by atoms with Crippen LogP contribution in [0.15, 0.2) is 54.6 Å². The van der Waals surface area contributed by atoms with E-state index in [0.717, 1.165) is 12.2 Å². The molecule has 7 heteroatoms. The zero-order chi connectivity index (χ0) is 21.8. The quantitative estimate of drug-likeness (QED) is 0.512.